The van der Waals surface area contributed by atoms with Crippen molar-refractivity contribution in [2.75, 3.05) is 33.9 Å². The lowest BCUT2D eigenvalue weighted by atomic mass is 9.82. The van der Waals surface area contributed by atoms with Crippen LogP contribution in [-0.4, -0.2) is 78.0 Å². The maximum Gasteiger partial charge on any atom is 0.319 e. The number of hydrogen-bond acceptors (Lipinski definition) is 4. The van der Waals surface area contributed by atoms with E-state index in [9.17, 15) is 14.7 Å². The lowest BCUT2D eigenvalue weighted by molar-refractivity contribution is -0.142. The van der Waals surface area contributed by atoms with Crippen LogP contribution in [0.3, 0.4) is 0 Å². The summed E-state index contributed by atoms with van der Waals surface area (Å²) in [5, 5.41) is 18.4. The molecule has 0 radical (unpaired) electrons. The summed E-state index contributed by atoms with van der Waals surface area (Å²) in [7, 11) is 3.32. The molecule has 1 saturated heterocycles. The Morgan fingerprint density at radius 2 is 1.90 bits per heavy atom. The number of nitrogens with zero attached hydrogens (tertiary/aromatic N) is 2. The molecule has 2 atom stereocenters. The molecule has 0 bridgehead atoms. The third-order valence-corrected chi connectivity index (χ3v) is 4.24. The highest BCUT2D eigenvalue weighted by Crippen LogP contribution is 2.28. The number of carboxylic acid groups (broad SMARTS) is 1. The van der Waals surface area contributed by atoms with Crippen molar-refractivity contribution in [3.8, 4) is 0 Å². The lowest BCUT2D eigenvalue weighted by Gasteiger charge is -2.37. The summed E-state index contributed by atoms with van der Waals surface area (Å²) in [6.45, 7) is 0.997. The van der Waals surface area contributed by atoms with E-state index in [-0.39, 0.29) is 25.3 Å². The zero-order valence-electron chi connectivity index (χ0n) is 11.9. The molecular formula is C13H22N2O5. The summed E-state index contributed by atoms with van der Waals surface area (Å²) in [6.07, 6.45) is 1.22. The van der Waals surface area contributed by atoms with Gasteiger partial charge in [-0.25, -0.2) is 4.79 Å². The third-order valence-electron chi connectivity index (χ3n) is 4.24. The molecular weight excluding hydrogens is 264 g/mol. The molecule has 7 nitrogen and oxygen atoms in total. The molecule has 2 fully saturated rings. The number of rotatable bonds is 4. The average molecular weight is 286 g/mol. The van der Waals surface area contributed by atoms with Crippen molar-refractivity contribution < 1.29 is 24.5 Å². The Bertz CT molecular complexity index is 383. The molecule has 2 rings (SSSR count). The molecule has 0 aromatic carbocycles. The zero-order chi connectivity index (χ0) is 14.9. The predicted molar refractivity (Wildman–Crippen MR) is 70.3 cm³/mol. The van der Waals surface area contributed by atoms with Crippen LogP contribution in [0.15, 0.2) is 0 Å². The summed E-state index contributed by atoms with van der Waals surface area (Å²) in [4.78, 5) is 26.5. The summed E-state index contributed by atoms with van der Waals surface area (Å²) in [6, 6.07) is -0.623. The Hall–Kier alpha value is -1.34. The fourth-order valence-corrected chi connectivity index (χ4v) is 2.89. The second kappa shape index (κ2) is 5.97. The second-order valence-corrected chi connectivity index (χ2v) is 5.81. The number of urea groups is 1. The first-order chi connectivity index (χ1) is 9.40. The zero-order valence-corrected chi connectivity index (χ0v) is 11.9. The van der Waals surface area contributed by atoms with Crippen LogP contribution < -0.4 is 0 Å². The maximum absolute atomic E-state index is 12.3. The Morgan fingerprint density at radius 3 is 2.45 bits per heavy atom. The van der Waals surface area contributed by atoms with Crippen LogP contribution in [0.25, 0.3) is 0 Å². The van der Waals surface area contributed by atoms with Crippen molar-refractivity contribution in [3.63, 3.8) is 0 Å². The molecule has 1 aliphatic carbocycles. The first kappa shape index (κ1) is 15.1. The van der Waals surface area contributed by atoms with Gasteiger partial charge in [-0.1, -0.05) is 0 Å². The molecule has 0 spiro atoms. The van der Waals surface area contributed by atoms with Crippen LogP contribution >= 0.6 is 0 Å². The van der Waals surface area contributed by atoms with Gasteiger partial charge in [-0.3, -0.25) is 4.79 Å². The molecule has 2 N–H and O–H groups in total. The number of carbonyl (C=O) groups excluding carboxylic acids is 1. The number of aliphatic hydroxyl groups is 1. The predicted octanol–water partition coefficient (Wildman–Crippen LogP) is -0.159. The minimum absolute atomic E-state index is 0.149. The van der Waals surface area contributed by atoms with Crippen molar-refractivity contribution in [3.05, 3.63) is 0 Å². The van der Waals surface area contributed by atoms with E-state index < -0.39 is 17.9 Å². The number of carbonyl (C=O) groups is 2. The molecule has 20 heavy (non-hydrogen) atoms. The van der Waals surface area contributed by atoms with Crippen LogP contribution in [-0.2, 0) is 9.53 Å². The molecule has 114 valence electrons. The molecule has 1 heterocycles. The Labute approximate surface area is 118 Å². The first-order valence-corrected chi connectivity index (χ1v) is 6.86. The van der Waals surface area contributed by atoms with Gasteiger partial charge in [0, 0.05) is 20.6 Å². The molecule has 2 unspecified atom stereocenters. The van der Waals surface area contributed by atoms with Gasteiger partial charge in [-0.2, -0.15) is 0 Å². The topological polar surface area (TPSA) is 90.3 Å². The fraction of sp³-hybridized carbons (Fsp3) is 0.846. The molecule has 1 aliphatic heterocycles. The molecule has 2 amide bonds. The quantitative estimate of drug-likeness (QED) is 0.749. The van der Waals surface area contributed by atoms with E-state index in [1.807, 2.05) is 0 Å². The van der Waals surface area contributed by atoms with Gasteiger partial charge >= 0.3 is 12.0 Å². The fourth-order valence-electron chi connectivity index (χ4n) is 2.89. The van der Waals surface area contributed by atoms with E-state index in [0.717, 1.165) is 12.8 Å². The molecule has 1 saturated carbocycles. The standard InChI is InChI=1S/C13H22N2O5/c1-14(5-8-3-9(16)4-8)13(19)15(2)11-7-20-6-10(11)12(17)18/h8-11,16H,3-7H2,1-2H3,(H,17,18). The first-order valence-electron chi connectivity index (χ1n) is 6.86. The van der Waals surface area contributed by atoms with Gasteiger partial charge in [0.1, 0.15) is 5.92 Å². The minimum Gasteiger partial charge on any atom is -0.481 e. The third kappa shape index (κ3) is 3.04. The summed E-state index contributed by atoms with van der Waals surface area (Å²) in [5.41, 5.74) is 0. The number of hydrogen-bond donors (Lipinski definition) is 2. The Morgan fingerprint density at radius 1 is 1.25 bits per heavy atom. The number of aliphatic hydroxyl groups excluding tert-OH is 1. The van der Waals surface area contributed by atoms with Crippen molar-refractivity contribution >= 4 is 12.0 Å². The van der Waals surface area contributed by atoms with Crippen molar-refractivity contribution in [1.82, 2.24) is 9.80 Å². The molecule has 0 aromatic heterocycles. The number of ether oxygens (including phenoxy) is 1. The van der Waals surface area contributed by atoms with E-state index >= 15 is 0 Å². The van der Waals surface area contributed by atoms with Gasteiger partial charge in [0.25, 0.3) is 0 Å². The van der Waals surface area contributed by atoms with Crippen LogP contribution in [0.1, 0.15) is 12.8 Å². The van der Waals surface area contributed by atoms with Crippen LogP contribution in [0, 0.1) is 11.8 Å². The second-order valence-electron chi connectivity index (χ2n) is 5.81. The summed E-state index contributed by atoms with van der Waals surface area (Å²) in [5.74, 6) is -1.26. The average Bonchev–Trinajstić information content (AvgIpc) is 2.84. The number of carboxylic acids is 1. The highest BCUT2D eigenvalue weighted by Gasteiger charge is 2.39. The maximum atomic E-state index is 12.3. The highest BCUT2D eigenvalue weighted by molar-refractivity contribution is 5.77. The largest absolute Gasteiger partial charge is 0.481 e. The van der Waals surface area contributed by atoms with E-state index in [1.54, 1.807) is 19.0 Å². The summed E-state index contributed by atoms with van der Waals surface area (Å²) >= 11 is 0. The smallest absolute Gasteiger partial charge is 0.319 e. The highest BCUT2D eigenvalue weighted by atomic mass is 16.5. The molecule has 2 aliphatic rings. The van der Waals surface area contributed by atoms with Gasteiger partial charge in [-0.05, 0) is 18.8 Å². The van der Waals surface area contributed by atoms with Crippen molar-refractivity contribution in [2.45, 2.75) is 25.0 Å². The SMILES string of the molecule is CN(CC1CC(O)C1)C(=O)N(C)C1COCC1C(=O)O. The normalized spacial score (nSPS) is 32.5. The van der Waals surface area contributed by atoms with Gasteiger partial charge < -0.3 is 24.7 Å². The minimum atomic E-state index is -0.933. The van der Waals surface area contributed by atoms with E-state index in [1.165, 1.54) is 4.90 Å². The van der Waals surface area contributed by atoms with Gasteiger partial charge in [0.15, 0.2) is 0 Å². The monoisotopic (exact) mass is 286 g/mol. The Balaban J connectivity index is 1.88. The number of likely N-dealkylation sites (N-methyl/N-ethyl adjacent to an activating group) is 1. The van der Waals surface area contributed by atoms with Gasteiger partial charge in [0.2, 0.25) is 0 Å². The lowest BCUT2D eigenvalue weighted by Crippen LogP contribution is -2.50. The van der Waals surface area contributed by atoms with Crippen LogP contribution in [0.2, 0.25) is 0 Å². The van der Waals surface area contributed by atoms with Gasteiger partial charge in [0.05, 0.1) is 25.4 Å². The molecule has 0 aromatic rings. The number of aliphatic carboxylic acids is 1. The van der Waals surface area contributed by atoms with E-state index in [0.29, 0.717) is 12.5 Å². The Kier molecular flexibility index (Phi) is 4.49. The van der Waals surface area contributed by atoms with Crippen LogP contribution in [0.4, 0.5) is 4.79 Å². The van der Waals surface area contributed by atoms with E-state index in [2.05, 4.69) is 0 Å². The van der Waals surface area contributed by atoms with Crippen molar-refractivity contribution in [1.29, 1.82) is 0 Å². The van der Waals surface area contributed by atoms with Gasteiger partial charge in [-0.15, -0.1) is 0 Å². The van der Waals surface area contributed by atoms with Crippen molar-refractivity contribution in [2.24, 2.45) is 11.8 Å². The summed E-state index contributed by atoms with van der Waals surface area (Å²) < 4.78 is 5.18. The number of amides is 2. The van der Waals surface area contributed by atoms with Crippen LogP contribution in [0.5, 0.6) is 0 Å². The van der Waals surface area contributed by atoms with E-state index in [4.69, 9.17) is 9.84 Å². The molecule has 7 heteroatoms.